The number of nitriles is 1. The maximum atomic E-state index is 9.61. The summed E-state index contributed by atoms with van der Waals surface area (Å²) in [4.78, 5) is 14.2. The van der Waals surface area contributed by atoms with Crippen LogP contribution in [0.2, 0.25) is 6.55 Å². The Kier molecular flexibility index (Phi) is 9.25. The molecule has 6 rings (SSSR count). The molecule has 0 saturated carbocycles. The fourth-order valence-electron chi connectivity index (χ4n) is 5.76. The van der Waals surface area contributed by atoms with Gasteiger partial charge in [0.15, 0.2) is 0 Å². The maximum Gasteiger partial charge on any atom is 0.300 e. The fourth-order valence-corrected chi connectivity index (χ4v) is 6.97. The van der Waals surface area contributed by atoms with Crippen LogP contribution < -0.4 is 24.7 Å². The number of aromatic nitrogens is 6. The van der Waals surface area contributed by atoms with Crippen LogP contribution in [0, 0.1) is 11.3 Å². The van der Waals surface area contributed by atoms with Gasteiger partial charge in [-0.2, -0.15) is 5.26 Å². The number of methoxy groups -OCH3 is 1. The average Bonchev–Trinajstić information content (AvgIpc) is 3.58. The van der Waals surface area contributed by atoms with Crippen molar-refractivity contribution in [2.24, 2.45) is 0 Å². The van der Waals surface area contributed by atoms with Gasteiger partial charge in [-0.15, -0.1) is 5.10 Å². The number of nitrogens with zero attached hydrogens (tertiary/aromatic N) is 9. The van der Waals surface area contributed by atoms with Crippen molar-refractivity contribution in [3.8, 4) is 28.7 Å². The lowest BCUT2D eigenvalue weighted by Gasteiger charge is -2.41. The van der Waals surface area contributed by atoms with Gasteiger partial charge >= 0.3 is 0 Å². The Morgan fingerprint density at radius 1 is 1.02 bits per heavy atom. The van der Waals surface area contributed by atoms with Crippen LogP contribution in [0.1, 0.15) is 18.4 Å². The molecule has 0 amide bonds. The molecule has 0 aliphatic carbocycles. The van der Waals surface area contributed by atoms with E-state index >= 15 is 0 Å². The number of anilines is 3. The molecule has 13 nitrogen and oxygen atoms in total. The van der Waals surface area contributed by atoms with Crippen molar-refractivity contribution in [2.45, 2.75) is 31.6 Å². The van der Waals surface area contributed by atoms with Crippen LogP contribution in [0.5, 0.6) is 11.5 Å². The molecule has 0 spiro atoms. The smallest absolute Gasteiger partial charge is 0.300 e. The number of ether oxygens (including phenoxy) is 1. The van der Waals surface area contributed by atoms with Crippen LogP contribution in [-0.4, -0.2) is 96.5 Å². The third-order valence-electron chi connectivity index (χ3n) is 8.08. The summed E-state index contributed by atoms with van der Waals surface area (Å²) in [7, 11) is 0.332. The Labute approximate surface area is 258 Å². The molecule has 1 radical (unpaired) electrons. The molecule has 4 heterocycles. The Morgan fingerprint density at radius 2 is 1.82 bits per heavy atom. The van der Waals surface area contributed by atoms with Crippen LogP contribution >= 0.6 is 0 Å². The highest BCUT2D eigenvalue weighted by atomic mass is 28.3. The van der Waals surface area contributed by atoms with Crippen LogP contribution in [0.25, 0.3) is 11.1 Å². The van der Waals surface area contributed by atoms with Crippen molar-refractivity contribution >= 4 is 26.4 Å². The number of tetrazole rings is 1. The SMILES string of the molecule is COc1cc(N2CCC(N3CCNCC3)CC2)ccc1Nc1ncc(-c2ccc(C#N)c(O[Si](C)Cn3cnnn3)c2)cn1. The fraction of sp³-hybridized carbons (Fsp3) is 0.400. The van der Waals surface area contributed by atoms with Gasteiger partial charge in [-0.25, -0.2) is 14.6 Å². The zero-order chi connectivity index (χ0) is 30.3. The minimum absolute atomic E-state index is 0.460. The molecule has 44 heavy (non-hydrogen) atoms. The largest absolute Gasteiger partial charge is 0.539 e. The van der Waals surface area contributed by atoms with Gasteiger partial charge in [0.25, 0.3) is 9.04 Å². The molecular weight excluding hydrogens is 574 g/mol. The van der Waals surface area contributed by atoms with Gasteiger partial charge in [0, 0.05) is 75.0 Å². The van der Waals surface area contributed by atoms with Gasteiger partial charge in [0.05, 0.1) is 24.5 Å². The second-order valence-electron chi connectivity index (χ2n) is 10.9. The zero-order valence-corrected chi connectivity index (χ0v) is 26.0. The molecule has 2 N–H and O–H groups in total. The molecule has 2 aromatic carbocycles. The highest BCUT2D eigenvalue weighted by Gasteiger charge is 2.26. The summed E-state index contributed by atoms with van der Waals surface area (Å²) < 4.78 is 13.6. The van der Waals surface area contributed by atoms with Gasteiger partial charge < -0.3 is 24.7 Å². The lowest BCUT2D eigenvalue weighted by atomic mass is 10.0. The third kappa shape index (κ3) is 6.96. The Balaban J connectivity index is 1.10. The summed E-state index contributed by atoms with van der Waals surface area (Å²) in [6.07, 6.45) is 7.96. The van der Waals surface area contributed by atoms with Crippen molar-refractivity contribution in [3.05, 3.63) is 60.7 Å². The minimum Gasteiger partial charge on any atom is -0.539 e. The van der Waals surface area contributed by atoms with E-state index in [1.807, 2.05) is 24.7 Å². The van der Waals surface area contributed by atoms with Crippen LogP contribution in [0.15, 0.2) is 55.1 Å². The quantitative estimate of drug-likeness (QED) is 0.255. The van der Waals surface area contributed by atoms with E-state index in [9.17, 15) is 5.26 Å². The number of hydrogen-bond donors (Lipinski definition) is 2. The summed E-state index contributed by atoms with van der Waals surface area (Å²) in [5.41, 5.74) is 4.09. The molecule has 227 valence electrons. The molecule has 4 aromatic rings. The first-order valence-electron chi connectivity index (χ1n) is 14.8. The lowest BCUT2D eigenvalue weighted by molar-refractivity contribution is 0.150. The van der Waals surface area contributed by atoms with Crippen molar-refractivity contribution in [1.29, 1.82) is 5.26 Å². The van der Waals surface area contributed by atoms with Crippen LogP contribution in [0.3, 0.4) is 0 Å². The van der Waals surface area contributed by atoms with Crippen molar-refractivity contribution in [2.75, 3.05) is 56.6 Å². The predicted octanol–water partition coefficient (Wildman–Crippen LogP) is 2.87. The van der Waals surface area contributed by atoms with E-state index in [0.717, 1.165) is 67.5 Å². The summed E-state index contributed by atoms with van der Waals surface area (Å²) >= 11 is 0. The second kappa shape index (κ2) is 13.8. The summed E-state index contributed by atoms with van der Waals surface area (Å²) in [6.45, 7) is 8.56. The summed E-state index contributed by atoms with van der Waals surface area (Å²) in [5, 5.41) is 27.6. The third-order valence-corrected chi connectivity index (χ3v) is 9.41. The molecule has 2 saturated heterocycles. The molecule has 0 atom stereocenters. The normalized spacial score (nSPS) is 16.1. The Hall–Kier alpha value is -4.58. The van der Waals surface area contributed by atoms with Gasteiger partial charge in [0.1, 0.15) is 23.9 Å². The van der Waals surface area contributed by atoms with E-state index in [1.54, 1.807) is 36.6 Å². The van der Waals surface area contributed by atoms with E-state index in [1.165, 1.54) is 12.8 Å². The van der Waals surface area contributed by atoms with E-state index in [2.05, 4.69) is 64.1 Å². The van der Waals surface area contributed by atoms with Crippen LogP contribution in [0.4, 0.5) is 17.3 Å². The van der Waals surface area contributed by atoms with Crippen molar-refractivity contribution < 1.29 is 9.16 Å². The molecule has 2 fully saturated rings. The molecular formula is C30H36N11O2Si. The highest BCUT2D eigenvalue weighted by molar-refractivity contribution is 6.49. The van der Waals surface area contributed by atoms with Gasteiger partial charge in [-0.1, -0.05) is 6.07 Å². The predicted molar refractivity (Wildman–Crippen MR) is 168 cm³/mol. The first-order chi connectivity index (χ1) is 21.6. The topological polar surface area (TPSA) is 142 Å². The monoisotopic (exact) mass is 610 g/mol. The summed E-state index contributed by atoms with van der Waals surface area (Å²) in [5.74, 6) is 1.73. The average molecular weight is 611 g/mol. The van der Waals surface area contributed by atoms with Gasteiger partial charge in [-0.3, -0.25) is 4.90 Å². The second-order valence-corrected chi connectivity index (χ2v) is 12.9. The molecule has 14 heteroatoms. The maximum absolute atomic E-state index is 9.61. The molecule has 2 aliphatic rings. The van der Waals surface area contributed by atoms with Gasteiger partial charge in [0.2, 0.25) is 5.95 Å². The van der Waals surface area contributed by atoms with Crippen molar-refractivity contribution in [1.82, 2.24) is 40.4 Å². The van der Waals surface area contributed by atoms with E-state index < -0.39 is 9.04 Å². The molecule has 2 aromatic heterocycles. The first kappa shape index (κ1) is 29.5. The number of piperidine rings is 1. The van der Waals surface area contributed by atoms with E-state index in [0.29, 0.717) is 29.5 Å². The Morgan fingerprint density at radius 3 is 2.52 bits per heavy atom. The van der Waals surface area contributed by atoms with Crippen molar-refractivity contribution in [3.63, 3.8) is 0 Å². The molecule has 2 aliphatic heterocycles. The number of hydrogen-bond acceptors (Lipinski definition) is 12. The highest BCUT2D eigenvalue weighted by Crippen LogP contribution is 2.33. The number of rotatable bonds is 10. The Bertz CT molecular complexity index is 1570. The molecule has 0 unspecified atom stereocenters. The van der Waals surface area contributed by atoms with E-state index in [4.69, 9.17) is 9.16 Å². The zero-order valence-electron chi connectivity index (χ0n) is 25.0. The van der Waals surface area contributed by atoms with Gasteiger partial charge in [-0.05, 0) is 59.6 Å². The lowest BCUT2D eigenvalue weighted by Crippen LogP contribution is -2.52. The standard InChI is InChI=1S/C30H36N11O2Si/c1-42-29-16-26(39-11-7-25(8-12-39)40-13-9-32-10-14-40)5-6-27(29)36-30-33-18-24(19-34-30)22-3-4-23(17-31)28(15-22)43-44(2)21-41-20-35-37-38-41/h3-6,15-16,18-20,25,32H,7-14,21H2,1-2H3,(H,33,34,36). The first-order valence-corrected chi connectivity index (χ1v) is 16.9. The molecule has 0 bridgehead atoms. The minimum atomic E-state index is -1.35. The summed E-state index contributed by atoms with van der Waals surface area (Å²) in [6, 6.07) is 14.6. The van der Waals surface area contributed by atoms with Crippen LogP contribution in [-0.2, 0) is 6.17 Å². The number of benzene rings is 2. The van der Waals surface area contributed by atoms with E-state index in [-0.39, 0.29) is 0 Å². The number of piperazine rings is 1. The number of nitrogens with one attached hydrogen (secondary N) is 2.